The molecule has 6 nitrogen and oxygen atoms in total. The molecule has 0 radical (unpaired) electrons. The number of esters is 1. The van der Waals surface area contributed by atoms with E-state index in [1.165, 1.54) is 7.11 Å². The molecule has 2 aromatic rings. The molecule has 2 N–H and O–H groups in total. The van der Waals surface area contributed by atoms with Gasteiger partial charge in [-0.1, -0.05) is 6.07 Å². The lowest BCUT2D eigenvalue weighted by Crippen LogP contribution is -2.44. The van der Waals surface area contributed by atoms with Crippen molar-refractivity contribution in [1.29, 1.82) is 0 Å². The Morgan fingerprint density at radius 3 is 2.74 bits per heavy atom. The number of aromatic nitrogens is 2. The van der Waals surface area contributed by atoms with Gasteiger partial charge in [0.25, 0.3) is 0 Å². The Labute approximate surface area is 135 Å². The van der Waals surface area contributed by atoms with Crippen molar-refractivity contribution in [3.05, 3.63) is 30.1 Å². The van der Waals surface area contributed by atoms with Gasteiger partial charge in [-0.05, 0) is 37.8 Å². The van der Waals surface area contributed by atoms with Gasteiger partial charge in [-0.15, -0.1) is 0 Å². The van der Waals surface area contributed by atoms with E-state index >= 15 is 0 Å². The standard InChI is InChI=1S/C17H21N3O3/c1-22-16(21)17(23-2)7-5-11(6-8-17)15-14-12(4-3-9-19-14)10-13(18)20-15/h3-4,9-11H,5-8H2,1-2H3,(H2,18,20). The SMILES string of the molecule is COC(=O)C1(OC)CCC(c2nc(N)cc3cccnc23)CC1. The molecule has 0 spiro atoms. The first kappa shape index (κ1) is 15.7. The quantitative estimate of drug-likeness (QED) is 0.875. The third kappa shape index (κ3) is 2.74. The van der Waals surface area contributed by atoms with Crippen molar-refractivity contribution in [2.24, 2.45) is 0 Å². The predicted octanol–water partition coefficient (Wildman–Crippen LogP) is 2.43. The van der Waals surface area contributed by atoms with E-state index in [2.05, 4.69) is 9.97 Å². The van der Waals surface area contributed by atoms with Gasteiger partial charge in [-0.25, -0.2) is 9.78 Å². The molecule has 6 heteroatoms. The molecule has 1 aliphatic carbocycles. The van der Waals surface area contributed by atoms with Crippen molar-refractivity contribution in [3.8, 4) is 0 Å². The number of carbonyl (C=O) groups excluding carboxylic acids is 1. The van der Waals surface area contributed by atoms with Crippen LogP contribution in [0.25, 0.3) is 10.9 Å². The molecule has 2 heterocycles. The highest BCUT2D eigenvalue weighted by molar-refractivity contribution is 5.83. The number of hydrogen-bond donors (Lipinski definition) is 1. The van der Waals surface area contributed by atoms with Gasteiger partial charge in [-0.2, -0.15) is 0 Å². The molecule has 0 aromatic carbocycles. The molecule has 0 amide bonds. The number of fused-ring (bicyclic) bond motifs is 1. The molecular formula is C17H21N3O3. The van der Waals surface area contributed by atoms with Crippen LogP contribution in [-0.4, -0.2) is 35.8 Å². The van der Waals surface area contributed by atoms with E-state index < -0.39 is 5.60 Å². The highest BCUT2D eigenvalue weighted by Crippen LogP contribution is 2.41. The molecule has 122 valence electrons. The van der Waals surface area contributed by atoms with E-state index in [4.69, 9.17) is 15.2 Å². The molecule has 1 fully saturated rings. The van der Waals surface area contributed by atoms with Crippen molar-refractivity contribution in [2.45, 2.75) is 37.2 Å². The fraction of sp³-hybridized carbons (Fsp3) is 0.471. The molecule has 0 atom stereocenters. The molecular weight excluding hydrogens is 294 g/mol. The van der Waals surface area contributed by atoms with E-state index in [1.54, 1.807) is 13.3 Å². The van der Waals surface area contributed by atoms with Gasteiger partial charge in [0.05, 0.1) is 18.3 Å². The van der Waals surface area contributed by atoms with Gasteiger partial charge in [0.2, 0.25) is 0 Å². The van der Waals surface area contributed by atoms with Crippen LogP contribution in [0.1, 0.15) is 37.3 Å². The summed E-state index contributed by atoms with van der Waals surface area (Å²) in [5, 5.41) is 0.992. The summed E-state index contributed by atoms with van der Waals surface area (Å²) in [6.07, 6.45) is 4.54. The first-order chi connectivity index (χ1) is 11.1. The second-order valence-electron chi connectivity index (χ2n) is 5.97. The van der Waals surface area contributed by atoms with Crippen molar-refractivity contribution in [1.82, 2.24) is 9.97 Å². The second kappa shape index (κ2) is 6.12. The summed E-state index contributed by atoms with van der Waals surface area (Å²) in [5.74, 6) is 0.405. The largest absolute Gasteiger partial charge is 0.467 e. The van der Waals surface area contributed by atoms with Gasteiger partial charge in [-0.3, -0.25) is 4.98 Å². The van der Waals surface area contributed by atoms with E-state index in [0.29, 0.717) is 18.7 Å². The number of hydrogen-bond acceptors (Lipinski definition) is 6. The summed E-state index contributed by atoms with van der Waals surface area (Å²) in [4.78, 5) is 21.0. The Balaban J connectivity index is 1.90. The summed E-state index contributed by atoms with van der Waals surface area (Å²) in [6.45, 7) is 0. The Hall–Kier alpha value is -2.21. The van der Waals surface area contributed by atoms with Crippen LogP contribution >= 0.6 is 0 Å². The van der Waals surface area contributed by atoms with Gasteiger partial charge >= 0.3 is 5.97 Å². The maximum absolute atomic E-state index is 12.0. The zero-order chi connectivity index (χ0) is 16.4. The number of anilines is 1. The lowest BCUT2D eigenvalue weighted by Gasteiger charge is -2.36. The maximum atomic E-state index is 12.0. The van der Waals surface area contributed by atoms with Crippen LogP contribution in [-0.2, 0) is 14.3 Å². The van der Waals surface area contributed by atoms with Crippen LogP contribution in [0, 0.1) is 0 Å². The van der Waals surface area contributed by atoms with Crippen LogP contribution < -0.4 is 5.73 Å². The molecule has 3 rings (SSSR count). The fourth-order valence-corrected chi connectivity index (χ4v) is 3.45. The van der Waals surface area contributed by atoms with Crippen molar-refractivity contribution < 1.29 is 14.3 Å². The highest BCUT2D eigenvalue weighted by Gasteiger charge is 2.44. The molecule has 1 aliphatic rings. The Morgan fingerprint density at radius 1 is 1.35 bits per heavy atom. The fourth-order valence-electron chi connectivity index (χ4n) is 3.45. The Bertz CT molecular complexity index is 724. The van der Waals surface area contributed by atoms with Crippen LogP contribution in [0.2, 0.25) is 0 Å². The number of pyridine rings is 2. The van der Waals surface area contributed by atoms with Gasteiger partial charge in [0, 0.05) is 24.6 Å². The topological polar surface area (TPSA) is 87.3 Å². The third-order valence-corrected chi connectivity index (χ3v) is 4.76. The summed E-state index contributed by atoms with van der Waals surface area (Å²) >= 11 is 0. The highest BCUT2D eigenvalue weighted by atomic mass is 16.6. The lowest BCUT2D eigenvalue weighted by atomic mass is 9.77. The second-order valence-corrected chi connectivity index (χ2v) is 5.97. The number of rotatable bonds is 3. The van der Waals surface area contributed by atoms with Gasteiger partial charge in [0.1, 0.15) is 5.82 Å². The normalized spacial score (nSPS) is 24.5. The number of carbonyl (C=O) groups is 1. The van der Waals surface area contributed by atoms with Crippen molar-refractivity contribution >= 4 is 22.7 Å². The number of nitrogens with zero attached hydrogens (tertiary/aromatic N) is 2. The molecule has 1 saturated carbocycles. The Kier molecular flexibility index (Phi) is 4.17. The molecule has 23 heavy (non-hydrogen) atoms. The van der Waals surface area contributed by atoms with E-state index in [9.17, 15) is 4.79 Å². The van der Waals surface area contributed by atoms with Crippen molar-refractivity contribution in [3.63, 3.8) is 0 Å². The average Bonchev–Trinajstić information content (AvgIpc) is 2.60. The monoisotopic (exact) mass is 315 g/mol. The Morgan fingerprint density at radius 2 is 2.09 bits per heavy atom. The summed E-state index contributed by atoms with van der Waals surface area (Å²) in [6, 6.07) is 5.71. The van der Waals surface area contributed by atoms with Crippen molar-refractivity contribution in [2.75, 3.05) is 20.0 Å². The van der Waals surface area contributed by atoms with Crippen LogP contribution in [0.4, 0.5) is 5.82 Å². The zero-order valence-electron chi connectivity index (χ0n) is 13.4. The lowest BCUT2D eigenvalue weighted by molar-refractivity contribution is -0.170. The smallest absolute Gasteiger partial charge is 0.338 e. The van der Waals surface area contributed by atoms with Gasteiger partial charge < -0.3 is 15.2 Å². The number of methoxy groups -OCH3 is 2. The maximum Gasteiger partial charge on any atom is 0.338 e. The molecule has 0 unspecified atom stereocenters. The average molecular weight is 315 g/mol. The minimum absolute atomic E-state index is 0.212. The summed E-state index contributed by atoms with van der Waals surface area (Å²) in [7, 11) is 2.96. The molecule has 2 aromatic heterocycles. The minimum atomic E-state index is -0.838. The molecule has 0 saturated heterocycles. The third-order valence-electron chi connectivity index (χ3n) is 4.76. The van der Waals surface area contributed by atoms with Crippen LogP contribution in [0.3, 0.4) is 0 Å². The van der Waals surface area contributed by atoms with Gasteiger partial charge in [0.15, 0.2) is 5.60 Å². The number of ether oxygens (including phenoxy) is 2. The first-order valence-corrected chi connectivity index (χ1v) is 7.74. The van der Waals surface area contributed by atoms with Crippen LogP contribution in [0.5, 0.6) is 0 Å². The summed E-state index contributed by atoms with van der Waals surface area (Å²) in [5.41, 5.74) is 6.90. The number of nitrogens with two attached hydrogens (primary N) is 1. The summed E-state index contributed by atoms with van der Waals surface area (Å²) < 4.78 is 10.4. The molecule has 0 bridgehead atoms. The minimum Gasteiger partial charge on any atom is -0.467 e. The van der Waals surface area contributed by atoms with E-state index in [1.807, 2.05) is 18.2 Å². The van der Waals surface area contributed by atoms with Crippen LogP contribution in [0.15, 0.2) is 24.4 Å². The molecule has 0 aliphatic heterocycles. The first-order valence-electron chi connectivity index (χ1n) is 7.74. The van der Waals surface area contributed by atoms with E-state index in [0.717, 1.165) is 29.4 Å². The number of nitrogen functional groups attached to an aromatic ring is 1. The predicted molar refractivity (Wildman–Crippen MR) is 86.9 cm³/mol. The van der Waals surface area contributed by atoms with E-state index in [-0.39, 0.29) is 11.9 Å². The zero-order valence-corrected chi connectivity index (χ0v) is 13.4.